The average Bonchev–Trinajstić information content (AvgIpc) is 3.35. The summed E-state index contributed by atoms with van der Waals surface area (Å²) >= 11 is 0. The Morgan fingerprint density at radius 1 is 1.26 bits per heavy atom. The molecule has 0 bridgehead atoms. The molecule has 2 aromatic rings. The first-order valence-electron chi connectivity index (χ1n) is 12.8. The molecule has 2 aliphatic rings. The molecule has 0 atom stereocenters. The minimum atomic E-state index is -0.0434. The zero-order valence-corrected chi connectivity index (χ0v) is 21.4. The number of H-pyrrole nitrogens is 1. The zero-order valence-electron chi connectivity index (χ0n) is 21.4. The molecule has 2 heterocycles. The van der Waals surface area contributed by atoms with E-state index >= 15 is 0 Å². The number of allylic oxidation sites excluding steroid dienone is 2. The van der Waals surface area contributed by atoms with Crippen molar-refractivity contribution < 1.29 is 14.3 Å². The number of ketones is 1. The summed E-state index contributed by atoms with van der Waals surface area (Å²) in [5, 5.41) is 0. The number of aromatic nitrogens is 2. The maximum Gasteiger partial charge on any atom is 0.202 e. The van der Waals surface area contributed by atoms with Crippen LogP contribution >= 0.6 is 0 Å². The summed E-state index contributed by atoms with van der Waals surface area (Å²) in [5.74, 6) is 2.79. The van der Waals surface area contributed by atoms with Crippen LogP contribution in [0.3, 0.4) is 0 Å². The molecule has 1 aliphatic carbocycles. The number of carbonyl (C=O) groups excluding carboxylic acids is 1. The van der Waals surface area contributed by atoms with Crippen molar-refractivity contribution in [2.24, 2.45) is 5.41 Å². The van der Waals surface area contributed by atoms with Crippen LogP contribution in [-0.2, 0) is 21.3 Å². The van der Waals surface area contributed by atoms with Crippen LogP contribution in [-0.4, -0.2) is 42.7 Å². The van der Waals surface area contributed by atoms with Crippen LogP contribution in [0.15, 0.2) is 30.5 Å². The normalized spacial score (nSPS) is 19.1. The summed E-state index contributed by atoms with van der Waals surface area (Å²) in [4.78, 5) is 20.2. The molecule has 1 aromatic heterocycles. The lowest BCUT2D eigenvalue weighted by molar-refractivity contribution is 0.0429. The van der Waals surface area contributed by atoms with Crippen molar-refractivity contribution in [2.75, 3.05) is 26.9 Å². The molecule has 0 spiro atoms. The second-order valence-electron chi connectivity index (χ2n) is 10.8. The monoisotopic (exact) mass is 474 g/mol. The predicted molar refractivity (Wildman–Crippen MR) is 139 cm³/mol. The molecule has 1 fully saturated rings. The topological polar surface area (TPSA) is 64.2 Å². The van der Waals surface area contributed by atoms with E-state index in [1.54, 1.807) is 7.11 Å². The van der Waals surface area contributed by atoms with Crippen molar-refractivity contribution in [3.8, 4) is 12.3 Å². The van der Waals surface area contributed by atoms with Crippen LogP contribution in [0.4, 0.5) is 0 Å². The average molecular weight is 475 g/mol. The second kappa shape index (κ2) is 10.9. The van der Waals surface area contributed by atoms with E-state index in [2.05, 4.69) is 54.0 Å². The number of terminal acetylenes is 1. The number of nitrogens with one attached hydrogen (secondary N) is 1. The third-order valence-electron chi connectivity index (χ3n) is 7.84. The van der Waals surface area contributed by atoms with Gasteiger partial charge in [-0.05, 0) is 78.0 Å². The van der Waals surface area contributed by atoms with E-state index < -0.39 is 0 Å². The molecule has 4 rings (SSSR count). The minimum absolute atomic E-state index is 0.0434. The Bertz CT molecular complexity index is 1110. The minimum Gasteiger partial charge on any atom is -0.385 e. The molecule has 0 amide bonds. The zero-order chi connectivity index (χ0) is 24.9. The first-order valence-corrected chi connectivity index (χ1v) is 12.8. The molecule has 1 aliphatic heterocycles. The Morgan fingerprint density at radius 2 is 2.06 bits per heavy atom. The fourth-order valence-corrected chi connectivity index (χ4v) is 5.47. The molecule has 186 valence electrons. The van der Waals surface area contributed by atoms with Gasteiger partial charge >= 0.3 is 0 Å². The standard InChI is InChI=1S/C30H38N2O3/c1-5-25-21-31-28(32-25)27(33)19-23-7-8-24(20-26(23)22-9-12-29(2,3)13-10-22)30(11-6-16-34-4)14-17-35-18-15-30/h1,7-9,20-21H,6,10-19H2,2-4H3,(H,31,32). The summed E-state index contributed by atoms with van der Waals surface area (Å²) in [6.45, 7) is 7.00. The number of carbonyl (C=O) groups is 1. The van der Waals surface area contributed by atoms with E-state index in [4.69, 9.17) is 15.9 Å². The highest BCUT2D eigenvalue weighted by Crippen LogP contribution is 2.43. The molecular formula is C30H38N2O3. The summed E-state index contributed by atoms with van der Waals surface area (Å²) in [5.41, 5.74) is 5.93. The van der Waals surface area contributed by atoms with E-state index in [1.807, 2.05) is 0 Å². The van der Waals surface area contributed by atoms with Crippen molar-refractivity contribution >= 4 is 11.4 Å². The van der Waals surface area contributed by atoms with Gasteiger partial charge in [0.15, 0.2) is 5.82 Å². The van der Waals surface area contributed by atoms with Gasteiger partial charge in [0.1, 0.15) is 5.69 Å². The Balaban J connectivity index is 1.70. The van der Waals surface area contributed by atoms with E-state index in [9.17, 15) is 4.79 Å². The van der Waals surface area contributed by atoms with Gasteiger partial charge in [0.2, 0.25) is 5.78 Å². The van der Waals surface area contributed by atoms with E-state index in [-0.39, 0.29) is 11.2 Å². The van der Waals surface area contributed by atoms with Gasteiger partial charge in [-0.25, -0.2) is 4.98 Å². The van der Waals surface area contributed by atoms with Gasteiger partial charge in [0.25, 0.3) is 0 Å². The number of benzene rings is 1. The fourth-order valence-electron chi connectivity index (χ4n) is 5.47. The first kappa shape index (κ1) is 25.4. The van der Waals surface area contributed by atoms with Crippen LogP contribution in [0.5, 0.6) is 0 Å². The number of hydrogen-bond acceptors (Lipinski definition) is 4. The number of aromatic amines is 1. The van der Waals surface area contributed by atoms with Gasteiger partial charge in [0, 0.05) is 33.4 Å². The number of methoxy groups -OCH3 is 1. The van der Waals surface area contributed by atoms with Crippen molar-refractivity contribution in [1.29, 1.82) is 0 Å². The highest BCUT2D eigenvalue weighted by molar-refractivity contribution is 5.95. The molecule has 1 aromatic carbocycles. The van der Waals surface area contributed by atoms with Gasteiger partial charge in [0.05, 0.1) is 6.20 Å². The van der Waals surface area contributed by atoms with Gasteiger partial charge in [-0.2, -0.15) is 0 Å². The van der Waals surface area contributed by atoms with Crippen LogP contribution in [0.25, 0.3) is 5.57 Å². The summed E-state index contributed by atoms with van der Waals surface area (Å²) < 4.78 is 11.1. The quantitative estimate of drug-likeness (QED) is 0.280. The fraction of sp³-hybridized carbons (Fsp3) is 0.533. The molecule has 0 radical (unpaired) electrons. The van der Waals surface area contributed by atoms with Gasteiger partial charge in [-0.15, -0.1) is 6.42 Å². The molecule has 0 unspecified atom stereocenters. The Hall–Kier alpha value is -2.68. The van der Waals surface area contributed by atoms with Crippen LogP contribution < -0.4 is 0 Å². The number of imidazole rings is 1. The molecular weight excluding hydrogens is 436 g/mol. The highest BCUT2D eigenvalue weighted by Gasteiger charge is 2.35. The molecule has 35 heavy (non-hydrogen) atoms. The largest absolute Gasteiger partial charge is 0.385 e. The van der Waals surface area contributed by atoms with Gasteiger partial charge in [-0.3, -0.25) is 4.79 Å². The van der Waals surface area contributed by atoms with Crippen molar-refractivity contribution in [3.05, 3.63) is 58.7 Å². The van der Waals surface area contributed by atoms with E-state index in [0.29, 0.717) is 23.4 Å². The van der Waals surface area contributed by atoms with Crippen LogP contribution in [0.1, 0.15) is 91.8 Å². The lowest BCUT2D eigenvalue weighted by Gasteiger charge is -2.39. The van der Waals surface area contributed by atoms with Crippen molar-refractivity contribution in [2.45, 2.75) is 70.6 Å². The third-order valence-corrected chi connectivity index (χ3v) is 7.84. The molecule has 5 heteroatoms. The summed E-state index contributed by atoms with van der Waals surface area (Å²) in [6, 6.07) is 6.79. The number of rotatable bonds is 9. The molecule has 0 saturated carbocycles. The van der Waals surface area contributed by atoms with Crippen LogP contribution in [0, 0.1) is 17.8 Å². The van der Waals surface area contributed by atoms with Crippen molar-refractivity contribution in [1.82, 2.24) is 9.97 Å². The number of nitrogens with zero attached hydrogens (tertiary/aromatic N) is 1. The number of hydrogen-bond donors (Lipinski definition) is 1. The lowest BCUT2D eigenvalue weighted by Crippen LogP contribution is -2.34. The van der Waals surface area contributed by atoms with E-state index in [0.717, 1.165) is 70.3 Å². The predicted octanol–water partition coefficient (Wildman–Crippen LogP) is 5.88. The Morgan fingerprint density at radius 3 is 2.71 bits per heavy atom. The summed E-state index contributed by atoms with van der Waals surface area (Å²) in [6.07, 6.45) is 17.0. The second-order valence-corrected chi connectivity index (χ2v) is 10.8. The van der Waals surface area contributed by atoms with Crippen molar-refractivity contribution in [3.63, 3.8) is 0 Å². The molecule has 1 N–H and O–H groups in total. The SMILES string of the molecule is C#Cc1cnc(C(=O)Cc2ccc(C3(CCCOC)CCOCC3)cc2C2=CCC(C)(C)CC2)[nH]1. The van der Waals surface area contributed by atoms with Crippen LogP contribution in [0.2, 0.25) is 0 Å². The first-order chi connectivity index (χ1) is 16.9. The van der Waals surface area contributed by atoms with Gasteiger partial charge in [-0.1, -0.05) is 44.0 Å². The van der Waals surface area contributed by atoms with E-state index in [1.165, 1.54) is 22.9 Å². The highest BCUT2D eigenvalue weighted by atomic mass is 16.5. The van der Waals surface area contributed by atoms with Gasteiger partial charge < -0.3 is 14.5 Å². The molecule has 1 saturated heterocycles. The molecule has 5 nitrogen and oxygen atoms in total. The maximum atomic E-state index is 13.1. The number of Topliss-reactive ketones (excluding diaryl/α,β-unsaturated/α-hetero) is 1. The maximum absolute atomic E-state index is 13.1. The lowest BCUT2D eigenvalue weighted by atomic mass is 9.69. The number of ether oxygens (including phenoxy) is 2. The third kappa shape index (κ3) is 5.94. The smallest absolute Gasteiger partial charge is 0.202 e. The Kier molecular flexibility index (Phi) is 7.94. The Labute approximate surface area is 209 Å². The summed E-state index contributed by atoms with van der Waals surface area (Å²) in [7, 11) is 1.77.